The van der Waals surface area contributed by atoms with Gasteiger partial charge in [0.15, 0.2) is 0 Å². The molecule has 1 radical (unpaired) electrons. The van der Waals surface area contributed by atoms with Crippen molar-refractivity contribution < 1.29 is 0 Å². The lowest BCUT2D eigenvalue weighted by molar-refractivity contribution is 0.645. The molecule has 0 atom stereocenters. The van der Waals surface area contributed by atoms with Crippen molar-refractivity contribution in [1.82, 2.24) is 10.6 Å². The van der Waals surface area contributed by atoms with E-state index >= 15 is 0 Å². The van der Waals surface area contributed by atoms with Crippen LogP contribution in [0.2, 0.25) is 0 Å². The molecule has 1 N–H and O–H groups in total. The summed E-state index contributed by atoms with van der Waals surface area (Å²) in [7, 11) is 0. The maximum atomic E-state index is 4.33. The highest BCUT2D eigenvalue weighted by Crippen LogP contribution is 2.23. The first-order valence-corrected chi connectivity index (χ1v) is 3.77. The van der Waals surface area contributed by atoms with E-state index in [1.54, 1.807) is 0 Å². The van der Waals surface area contributed by atoms with E-state index in [1.807, 2.05) is 0 Å². The van der Waals surface area contributed by atoms with Gasteiger partial charge in [-0.25, -0.2) is 0 Å². The second kappa shape index (κ2) is 2.37. The van der Waals surface area contributed by atoms with Gasteiger partial charge in [0.25, 0.3) is 0 Å². The smallest absolute Gasteiger partial charge is 0.108 e. The molecule has 0 aromatic carbocycles. The van der Waals surface area contributed by atoms with E-state index in [-0.39, 0.29) is 0 Å². The minimum atomic E-state index is 0.759. The summed E-state index contributed by atoms with van der Waals surface area (Å²) in [6, 6.07) is 0. The molecule has 0 spiro atoms. The molecule has 0 saturated heterocycles. The molecule has 1 heterocycles. The molecule has 0 bridgehead atoms. The van der Waals surface area contributed by atoms with E-state index in [0.717, 1.165) is 6.67 Å². The van der Waals surface area contributed by atoms with Crippen molar-refractivity contribution in [3.05, 3.63) is 23.5 Å². The lowest BCUT2D eigenvalue weighted by Crippen LogP contribution is -2.26. The number of nitrogens with one attached hydrogen (secondary N) is 1. The van der Waals surface area contributed by atoms with Crippen LogP contribution in [0.5, 0.6) is 0 Å². The number of hydrogen-bond donors (Lipinski definition) is 1. The molecule has 0 amide bonds. The van der Waals surface area contributed by atoms with E-state index in [4.69, 9.17) is 0 Å². The number of allylic oxidation sites excluding steroid dienone is 2. The van der Waals surface area contributed by atoms with Crippen LogP contribution < -0.4 is 10.6 Å². The molecular formula is C8H11N2. The van der Waals surface area contributed by atoms with Crippen LogP contribution in [0.15, 0.2) is 23.5 Å². The van der Waals surface area contributed by atoms with Gasteiger partial charge in [0, 0.05) is 6.20 Å². The molecule has 53 valence electrons. The first kappa shape index (κ1) is 5.83. The third-order valence-corrected chi connectivity index (χ3v) is 1.93. The summed E-state index contributed by atoms with van der Waals surface area (Å²) in [5.74, 6) is 0. The lowest BCUT2D eigenvalue weighted by Gasteiger charge is -2.21. The van der Waals surface area contributed by atoms with Gasteiger partial charge < -0.3 is 5.32 Å². The molecule has 0 fully saturated rings. The molecule has 1 aliphatic heterocycles. The van der Waals surface area contributed by atoms with E-state index in [1.165, 1.54) is 30.5 Å². The van der Waals surface area contributed by atoms with Crippen molar-refractivity contribution in [2.75, 3.05) is 6.67 Å². The van der Waals surface area contributed by atoms with Crippen molar-refractivity contribution in [1.29, 1.82) is 0 Å². The summed E-state index contributed by atoms with van der Waals surface area (Å²) >= 11 is 0. The Morgan fingerprint density at radius 2 is 2.50 bits per heavy atom. The molecule has 1 aliphatic carbocycles. The Bertz CT molecular complexity index is 169. The van der Waals surface area contributed by atoms with Crippen LogP contribution in [-0.2, 0) is 0 Å². The lowest BCUT2D eigenvalue weighted by atomic mass is 9.99. The van der Waals surface area contributed by atoms with Crippen LogP contribution >= 0.6 is 0 Å². The molecular weight excluding hydrogens is 124 g/mol. The van der Waals surface area contributed by atoms with Crippen molar-refractivity contribution >= 4 is 0 Å². The highest BCUT2D eigenvalue weighted by atomic mass is 15.1. The number of hydrogen-bond acceptors (Lipinski definition) is 1. The highest BCUT2D eigenvalue weighted by Gasteiger charge is 2.12. The van der Waals surface area contributed by atoms with Gasteiger partial charge in [-0.3, -0.25) is 5.32 Å². The second-order valence-corrected chi connectivity index (χ2v) is 2.67. The number of fused-ring (bicyclic) bond motifs is 1. The van der Waals surface area contributed by atoms with Gasteiger partial charge in [-0.2, -0.15) is 0 Å². The van der Waals surface area contributed by atoms with Crippen molar-refractivity contribution in [2.24, 2.45) is 0 Å². The van der Waals surface area contributed by atoms with Crippen molar-refractivity contribution in [3.63, 3.8) is 0 Å². The zero-order valence-electron chi connectivity index (χ0n) is 5.93. The van der Waals surface area contributed by atoms with Crippen LogP contribution in [0.3, 0.4) is 0 Å². The van der Waals surface area contributed by atoms with Crippen LogP contribution in [0.1, 0.15) is 19.3 Å². The minimum Gasteiger partial charge on any atom is -0.372 e. The summed E-state index contributed by atoms with van der Waals surface area (Å²) < 4.78 is 0. The van der Waals surface area contributed by atoms with Crippen LogP contribution in [0.25, 0.3) is 0 Å². The fourth-order valence-electron chi connectivity index (χ4n) is 1.40. The highest BCUT2D eigenvalue weighted by molar-refractivity contribution is 5.32. The summed E-state index contributed by atoms with van der Waals surface area (Å²) in [4.78, 5) is 0. The summed E-state index contributed by atoms with van der Waals surface area (Å²) in [6.45, 7) is 0.759. The number of nitrogens with zero attached hydrogens (tertiary/aromatic N) is 1. The van der Waals surface area contributed by atoms with Gasteiger partial charge in [0.2, 0.25) is 0 Å². The monoisotopic (exact) mass is 135 g/mol. The minimum absolute atomic E-state index is 0.759. The SMILES string of the molecule is C1=C2CCCC=C2[N]CN1. The maximum Gasteiger partial charge on any atom is 0.108 e. The largest absolute Gasteiger partial charge is 0.372 e. The zero-order chi connectivity index (χ0) is 6.81. The van der Waals surface area contributed by atoms with Crippen molar-refractivity contribution in [3.8, 4) is 0 Å². The average molecular weight is 135 g/mol. The second-order valence-electron chi connectivity index (χ2n) is 2.67. The number of rotatable bonds is 0. The Labute approximate surface area is 61.0 Å². The van der Waals surface area contributed by atoms with Gasteiger partial charge in [-0.1, -0.05) is 6.08 Å². The summed E-state index contributed by atoms with van der Waals surface area (Å²) in [5.41, 5.74) is 2.61. The molecule has 2 heteroatoms. The first-order valence-electron chi connectivity index (χ1n) is 3.77. The maximum absolute atomic E-state index is 4.33. The van der Waals surface area contributed by atoms with Gasteiger partial charge >= 0.3 is 0 Å². The molecule has 0 aromatic rings. The molecule has 0 aromatic heterocycles. The fraction of sp³-hybridized carbons (Fsp3) is 0.500. The van der Waals surface area contributed by atoms with Crippen LogP contribution in [0.4, 0.5) is 0 Å². The molecule has 2 rings (SSSR count). The molecule has 2 aliphatic rings. The quantitative estimate of drug-likeness (QED) is 0.529. The third-order valence-electron chi connectivity index (χ3n) is 1.93. The van der Waals surface area contributed by atoms with E-state index in [0.29, 0.717) is 0 Å². The fourth-order valence-corrected chi connectivity index (χ4v) is 1.40. The van der Waals surface area contributed by atoms with Crippen molar-refractivity contribution in [2.45, 2.75) is 19.3 Å². The Hall–Kier alpha value is -0.920. The Balaban J connectivity index is 2.25. The van der Waals surface area contributed by atoms with Crippen LogP contribution in [-0.4, -0.2) is 6.67 Å². The summed E-state index contributed by atoms with van der Waals surface area (Å²) in [5, 5.41) is 7.45. The standard InChI is InChI=1S/C8H11N2/c1-2-4-8-7(3-1)5-9-6-10-8/h4-5,9H,1-3,6H2. The molecule has 0 saturated carbocycles. The van der Waals surface area contributed by atoms with E-state index in [2.05, 4.69) is 22.9 Å². The molecule has 2 nitrogen and oxygen atoms in total. The third kappa shape index (κ3) is 0.897. The predicted molar refractivity (Wildman–Crippen MR) is 40.2 cm³/mol. The first-order chi connectivity index (χ1) is 4.97. The topological polar surface area (TPSA) is 26.1 Å². The Morgan fingerprint density at radius 1 is 1.50 bits per heavy atom. The van der Waals surface area contributed by atoms with Crippen LogP contribution in [0, 0.1) is 0 Å². The molecule has 0 unspecified atom stereocenters. The zero-order valence-corrected chi connectivity index (χ0v) is 5.93. The van der Waals surface area contributed by atoms with Gasteiger partial charge in [-0.15, -0.1) is 0 Å². The van der Waals surface area contributed by atoms with E-state index < -0.39 is 0 Å². The van der Waals surface area contributed by atoms with E-state index in [9.17, 15) is 0 Å². The normalized spacial score (nSPS) is 23.2. The van der Waals surface area contributed by atoms with Gasteiger partial charge in [0.1, 0.15) is 6.67 Å². The Morgan fingerprint density at radius 3 is 3.40 bits per heavy atom. The van der Waals surface area contributed by atoms with Gasteiger partial charge in [-0.05, 0) is 24.8 Å². The molecule has 10 heavy (non-hydrogen) atoms. The Kier molecular flexibility index (Phi) is 1.38. The summed E-state index contributed by atoms with van der Waals surface area (Å²) in [6.07, 6.45) is 8.01. The predicted octanol–water partition coefficient (Wildman–Crippen LogP) is 1.10. The van der Waals surface area contributed by atoms with Gasteiger partial charge in [0.05, 0.1) is 5.70 Å². The average Bonchev–Trinajstić information content (AvgIpc) is 2.05.